The monoisotopic (exact) mass is 195 g/mol. The van der Waals surface area contributed by atoms with Crippen molar-refractivity contribution in [3.05, 3.63) is 35.4 Å². The van der Waals surface area contributed by atoms with Crippen LogP contribution in [0.4, 0.5) is 0 Å². The van der Waals surface area contributed by atoms with Gasteiger partial charge in [0.25, 0.3) is 0 Å². The molecule has 72 valence electrons. The molecule has 0 aromatic heterocycles. The Kier molecular flexibility index (Phi) is 4.33. The van der Waals surface area contributed by atoms with Crippen LogP contribution in [0, 0.1) is 6.92 Å². The van der Waals surface area contributed by atoms with E-state index in [0.29, 0.717) is 6.04 Å². The summed E-state index contributed by atoms with van der Waals surface area (Å²) in [4.78, 5) is 0. The summed E-state index contributed by atoms with van der Waals surface area (Å²) < 4.78 is 3.33. The van der Waals surface area contributed by atoms with E-state index in [1.165, 1.54) is 11.1 Å². The maximum atomic E-state index is 3.33. The molecule has 0 aliphatic carbocycles. The van der Waals surface area contributed by atoms with Gasteiger partial charge >= 0.3 is 0 Å². The van der Waals surface area contributed by atoms with Crippen molar-refractivity contribution in [3.8, 4) is 0 Å². The number of nitrogens with one attached hydrogen (secondary N) is 1. The zero-order valence-electron chi connectivity index (χ0n) is 8.50. The smallest absolute Gasteiger partial charge is 0.0330 e. The van der Waals surface area contributed by atoms with Crippen molar-refractivity contribution >= 4 is 11.9 Å². The fourth-order valence-corrected chi connectivity index (χ4v) is 1.75. The molecule has 1 rings (SSSR count). The molecule has 0 fully saturated rings. The Bertz CT molecular complexity index is 241. The average Bonchev–Trinajstić information content (AvgIpc) is 2.08. The lowest BCUT2D eigenvalue weighted by Crippen LogP contribution is -2.14. The van der Waals surface area contributed by atoms with E-state index in [0.717, 1.165) is 5.75 Å². The van der Waals surface area contributed by atoms with Gasteiger partial charge in [0, 0.05) is 11.8 Å². The number of hydrogen-bond acceptors (Lipinski definition) is 2. The minimum Gasteiger partial charge on any atom is -0.261 e. The van der Waals surface area contributed by atoms with Gasteiger partial charge in [-0.15, -0.1) is 0 Å². The minimum absolute atomic E-state index is 0.551. The second-order valence-corrected chi connectivity index (χ2v) is 4.36. The lowest BCUT2D eigenvalue weighted by molar-refractivity contribution is 0.770. The summed E-state index contributed by atoms with van der Waals surface area (Å²) in [5.41, 5.74) is 2.70. The van der Waals surface area contributed by atoms with Gasteiger partial charge in [0.15, 0.2) is 0 Å². The maximum Gasteiger partial charge on any atom is 0.0330 e. The first-order valence-electron chi connectivity index (χ1n) is 4.61. The van der Waals surface area contributed by atoms with E-state index < -0.39 is 0 Å². The number of aryl methyl sites for hydroxylation is 1. The fraction of sp³-hybridized carbons (Fsp3) is 0.455. The summed E-state index contributed by atoms with van der Waals surface area (Å²) >= 11 is 1.77. The summed E-state index contributed by atoms with van der Waals surface area (Å²) in [5.74, 6) is 1.04. The first-order chi connectivity index (χ1) is 6.18. The molecule has 0 atom stereocenters. The number of hydrogen-bond donors (Lipinski definition) is 1. The topological polar surface area (TPSA) is 12.0 Å². The van der Waals surface area contributed by atoms with Gasteiger partial charge in [-0.1, -0.05) is 41.8 Å². The molecule has 0 amide bonds. The van der Waals surface area contributed by atoms with Gasteiger partial charge in [-0.2, -0.15) is 0 Å². The Morgan fingerprint density at radius 3 is 2.38 bits per heavy atom. The highest BCUT2D eigenvalue weighted by molar-refractivity contribution is 7.96. The van der Waals surface area contributed by atoms with Gasteiger partial charge in [0.05, 0.1) is 0 Å². The van der Waals surface area contributed by atoms with Crippen molar-refractivity contribution in [1.82, 2.24) is 4.72 Å². The van der Waals surface area contributed by atoms with E-state index in [-0.39, 0.29) is 0 Å². The summed E-state index contributed by atoms with van der Waals surface area (Å²) in [6.07, 6.45) is 0. The molecule has 0 radical (unpaired) electrons. The predicted octanol–water partition coefficient (Wildman–Crippen LogP) is 3.14. The highest BCUT2D eigenvalue weighted by Crippen LogP contribution is 2.10. The van der Waals surface area contributed by atoms with Gasteiger partial charge in [-0.3, -0.25) is 4.72 Å². The number of benzene rings is 1. The molecule has 1 nitrogen and oxygen atoms in total. The Hall–Kier alpha value is -0.470. The lowest BCUT2D eigenvalue weighted by Gasteiger charge is -2.06. The van der Waals surface area contributed by atoms with Gasteiger partial charge in [0.2, 0.25) is 0 Å². The van der Waals surface area contributed by atoms with Gasteiger partial charge < -0.3 is 0 Å². The van der Waals surface area contributed by atoms with E-state index in [2.05, 4.69) is 49.8 Å². The van der Waals surface area contributed by atoms with Crippen molar-refractivity contribution in [2.75, 3.05) is 0 Å². The molecule has 0 unspecified atom stereocenters. The Morgan fingerprint density at radius 1 is 1.23 bits per heavy atom. The molecule has 2 heteroatoms. The first-order valence-corrected chi connectivity index (χ1v) is 5.60. The van der Waals surface area contributed by atoms with Crippen molar-refractivity contribution in [2.24, 2.45) is 0 Å². The molecule has 0 saturated carbocycles. The Morgan fingerprint density at radius 2 is 1.85 bits per heavy atom. The SMILES string of the molecule is Cc1ccc(CSNC(C)C)cc1. The molecule has 0 bridgehead atoms. The fourth-order valence-electron chi connectivity index (χ4n) is 0.976. The van der Waals surface area contributed by atoms with E-state index in [4.69, 9.17) is 0 Å². The Balaban J connectivity index is 2.33. The zero-order chi connectivity index (χ0) is 9.68. The minimum atomic E-state index is 0.551. The summed E-state index contributed by atoms with van der Waals surface area (Å²) in [6.45, 7) is 6.42. The zero-order valence-corrected chi connectivity index (χ0v) is 9.32. The molecule has 0 saturated heterocycles. The lowest BCUT2D eigenvalue weighted by atomic mass is 10.2. The van der Waals surface area contributed by atoms with Gasteiger partial charge in [0.1, 0.15) is 0 Å². The van der Waals surface area contributed by atoms with Crippen LogP contribution >= 0.6 is 11.9 Å². The molecule has 1 N–H and O–H groups in total. The van der Waals surface area contributed by atoms with Crippen LogP contribution in [0.1, 0.15) is 25.0 Å². The molecule has 0 heterocycles. The predicted molar refractivity (Wildman–Crippen MR) is 60.7 cm³/mol. The molecule has 0 spiro atoms. The largest absolute Gasteiger partial charge is 0.261 e. The van der Waals surface area contributed by atoms with Crippen molar-refractivity contribution in [1.29, 1.82) is 0 Å². The molecular weight excluding hydrogens is 178 g/mol. The molecule has 13 heavy (non-hydrogen) atoms. The standard InChI is InChI=1S/C11H17NS/c1-9(2)12-13-8-11-6-4-10(3)5-7-11/h4-7,9,12H,8H2,1-3H3. The third-order valence-electron chi connectivity index (χ3n) is 1.68. The van der Waals surface area contributed by atoms with Crippen LogP contribution in [-0.4, -0.2) is 6.04 Å². The second kappa shape index (κ2) is 5.30. The van der Waals surface area contributed by atoms with Gasteiger partial charge in [-0.25, -0.2) is 0 Å². The van der Waals surface area contributed by atoms with Crippen molar-refractivity contribution in [2.45, 2.75) is 32.6 Å². The van der Waals surface area contributed by atoms with Crippen LogP contribution in [0.25, 0.3) is 0 Å². The molecule has 0 aliphatic rings. The van der Waals surface area contributed by atoms with E-state index in [1.54, 1.807) is 11.9 Å². The second-order valence-electron chi connectivity index (χ2n) is 3.55. The summed E-state index contributed by atoms with van der Waals surface area (Å²) in [5, 5.41) is 0. The van der Waals surface area contributed by atoms with E-state index in [9.17, 15) is 0 Å². The summed E-state index contributed by atoms with van der Waals surface area (Å²) in [7, 11) is 0. The number of rotatable bonds is 4. The van der Waals surface area contributed by atoms with Crippen LogP contribution in [0.2, 0.25) is 0 Å². The van der Waals surface area contributed by atoms with E-state index >= 15 is 0 Å². The highest BCUT2D eigenvalue weighted by atomic mass is 32.2. The van der Waals surface area contributed by atoms with Crippen molar-refractivity contribution in [3.63, 3.8) is 0 Å². The Labute approximate surface area is 85.1 Å². The van der Waals surface area contributed by atoms with Crippen LogP contribution in [0.3, 0.4) is 0 Å². The third kappa shape index (κ3) is 4.34. The van der Waals surface area contributed by atoms with Crippen LogP contribution in [0.15, 0.2) is 24.3 Å². The maximum absolute atomic E-state index is 3.33. The normalized spacial score (nSPS) is 10.8. The molecule has 0 aliphatic heterocycles. The third-order valence-corrected chi connectivity index (χ3v) is 2.79. The quantitative estimate of drug-likeness (QED) is 0.741. The van der Waals surface area contributed by atoms with Crippen LogP contribution in [-0.2, 0) is 5.75 Å². The van der Waals surface area contributed by atoms with E-state index in [1.807, 2.05) is 0 Å². The first kappa shape index (κ1) is 10.6. The summed E-state index contributed by atoms with van der Waals surface area (Å²) in [6, 6.07) is 9.24. The van der Waals surface area contributed by atoms with Gasteiger partial charge in [-0.05, 0) is 26.3 Å². The highest BCUT2D eigenvalue weighted by Gasteiger charge is 1.94. The molecular formula is C11H17NS. The van der Waals surface area contributed by atoms with Crippen LogP contribution in [0.5, 0.6) is 0 Å². The molecule has 1 aromatic rings. The van der Waals surface area contributed by atoms with Crippen molar-refractivity contribution < 1.29 is 0 Å². The average molecular weight is 195 g/mol. The molecule has 1 aromatic carbocycles. The van der Waals surface area contributed by atoms with Crippen LogP contribution < -0.4 is 4.72 Å².